The number of hydrogen-bond donors (Lipinski definition) is 2. The molecule has 0 fully saturated rings. The number of nitrogens with one attached hydrogen (secondary N) is 1. The zero-order valence-electron chi connectivity index (χ0n) is 7.94. The number of nitrogens with zero attached hydrogens (tertiary/aromatic N) is 1. The van der Waals surface area contributed by atoms with E-state index in [9.17, 15) is 4.21 Å². The van der Waals surface area contributed by atoms with Crippen LogP contribution in [0.5, 0.6) is 0 Å². The van der Waals surface area contributed by atoms with Gasteiger partial charge in [-0.3, -0.25) is 4.72 Å². The molecule has 0 aliphatic heterocycles. The van der Waals surface area contributed by atoms with Gasteiger partial charge in [0.1, 0.15) is 5.15 Å². The van der Waals surface area contributed by atoms with E-state index >= 15 is 0 Å². The second kappa shape index (κ2) is 4.78. The van der Waals surface area contributed by atoms with Gasteiger partial charge in [0.15, 0.2) is 5.11 Å². The molecule has 0 saturated heterocycles. The van der Waals surface area contributed by atoms with Gasteiger partial charge in [-0.1, -0.05) is 11.6 Å². The van der Waals surface area contributed by atoms with Gasteiger partial charge in [-0.2, -0.15) is 0 Å². The number of rotatable bonds is 2. The zero-order chi connectivity index (χ0) is 11.5. The molecule has 0 saturated carbocycles. The normalized spacial score (nSPS) is 14.0. The minimum atomic E-state index is -2.42. The van der Waals surface area contributed by atoms with E-state index in [1.807, 2.05) is 0 Å². The smallest absolute Gasteiger partial charge is 0.175 e. The Morgan fingerprint density at radius 3 is 2.87 bits per heavy atom. The highest BCUT2D eigenvalue weighted by Gasteiger charge is 2.00. The van der Waals surface area contributed by atoms with Crippen LogP contribution in [0.15, 0.2) is 18.3 Å². The van der Waals surface area contributed by atoms with Gasteiger partial charge >= 0.3 is 0 Å². The molecule has 15 heavy (non-hydrogen) atoms. The summed E-state index contributed by atoms with van der Waals surface area (Å²) in [6.07, 6.45) is 3.02. The van der Waals surface area contributed by atoms with Crippen LogP contribution in [0, 0.1) is 0 Å². The Morgan fingerprint density at radius 1 is 1.73 bits per heavy atom. The molecule has 0 aromatic carbocycles. The molecular formula is C8H10ClN3OS2. The van der Waals surface area contributed by atoms with Crippen LogP contribution < -0.4 is 10.5 Å². The molecule has 1 atom stereocenters. The summed E-state index contributed by atoms with van der Waals surface area (Å²) >= 11 is 10.2. The molecule has 82 valence electrons. The predicted octanol–water partition coefficient (Wildman–Crippen LogP) is 0.548. The van der Waals surface area contributed by atoms with Crippen LogP contribution in [0.2, 0.25) is 5.15 Å². The van der Waals surface area contributed by atoms with Gasteiger partial charge in [-0.15, -0.1) is 0 Å². The first-order valence-corrected chi connectivity index (χ1v) is 6.73. The van der Waals surface area contributed by atoms with E-state index in [0.717, 1.165) is 0 Å². The molecule has 1 rings (SSSR count). The fraction of sp³-hybridized carbons (Fsp3) is 0.125. The van der Waals surface area contributed by atoms with Crippen molar-refractivity contribution in [1.29, 1.82) is 0 Å². The standard InChI is InChI=1S/C8H10ClN3OS2/c1-15(13,12-8(10)14)5-6-2-3-7(9)11-4-6/h2-5H,1H3,(H3,10,12,13,14). The van der Waals surface area contributed by atoms with Crippen LogP contribution in [0.1, 0.15) is 5.56 Å². The van der Waals surface area contributed by atoms with E-state index in [-0.39, 0.29) is 5.11 Å². The fourth-order valence-corrected chi connectivity index (χ4v) is 2.67. The maximum atomic E-state index is 11.9. The third-order valence-electron chi connectivity index (χ3n) is 1.41. The monoisotopic (exact) mass is 263 g/mol. The Balaban J connectivity index is 3.00. The zero-order valence-corrected chi connectivity index (χ0v) is 10.3. The lowest BCUT2D eigenvalue weighted by molar-refractivity contribution is 0.683. The first-order valence-electron chi connectivity index (χ1n) is 3.92. The number of thiocarbonyl (C=S) groups is 1. The van der Waals surface area contributed by atoms with Crippen LogP contribution >= 0.6 is 23.8 Å². The highest BCUT2D eigenvalue weighted by Crippen LogP contribution is 2.03. The molecule has 4 nitrogen and oxygen atoms in total. The summed E-state index contributed by atoms with van der Waals surface area (Å²) in [5, 5.41) is 1.90. The summed E-state index contributed by atoms with van der Waals surface area (Å²) in [5.74, 6) is 0. The molecular weight excluding hydrogens is 254 g/mol. The molecule has 0 spiro atoms. The van der Waals surface area contributed by atoms with Crippen LogP contribution in [0.4, 0.5) is 0 Å². The fourth-order valence-electron chi connectivity index (χ4n) is 0.946. The van der Waals surface area contributed by atoms with E-state index in [4.69, 9.17) is 17.3 Å². The van der Waals surface area contributed by atoms with Crippen molar-refractivity contribution in [2.24, 2.45) is 5.73 Å². The number of hydrogen-bond acceptors (Lipinski definition) is 3. The largest absolute Gasteiger partial charge is 0.376 e. The molecule has 0 amide bonds. The van der Waals surface area contributed by atoms with E-state index in [2.05, 4.69) is 21.9 Å². The minimum Gasteiger partial charge on any atom is -0.376 e. The van der Waals surface area contributed by atoms with Crippen molar-refractivity contribution in [3.63, 3.8) is 0 Å². The van der Waals surface area contributed by atoms with Crippen LogP contribution in [0.25, 0.3) is 0 Å². The average Bonchev–Trinajstić information content (AvgIpc) is 2.06. The maximum Gasteiger partial charge on any atom is 0.175 e. The highest BCUT2D eigenvalue weighted by atomic mass is 35.5. The van der Waals surface area contributed by atoms with E-state index in [1.165, 1.54) is 17.8 Å². The Morgan fingerprint density at radius 2 is 2.40 bits per heavy atom. The molecule has 1 unspecified atom stereocenters. The lowest BCUT2D eigenvalue weighted by Gasteiger charge is -2.06. The van der Waals surface area contributed by atoms with Crippen molar-refractivity contribution in [2.45, 2.75) is 0 Å². The topological polar surface area (TPSA) is 68.0 Å². The molecule has 7 heteroatoms. The Bertz CT molecular complexity index is 477. The summed E-state index contributed by atoms with van der Waals surface area (Å²) in [6, 6.07) is 3.32. The second-order valence-corrected chi connectivity index (χ2v) is 5.98. The van der Waals surface area contributed by atoms with Gasteiger partial charge in [0.05, 0.1) is 9.71 Å². The van der Waals surface area contributed by atoms with Crippen LogP contribution in [0.3, 0.4) is 0 Å². The second-order valence-electron chi connectivity index (χ2n) is 2.90. The molecule has 0 bridgehead atoms. The highest BCUT2D eigenvalue weighted by molar-refractivity contribution is 8.00. The molecule has 1 aromatic heterocycles. The minimum absolute atomic E-state index is 0.000623. The van der Waals surface area contributed by atoms with Gasteiger partial charge in [0, 0.05) is 23.4 Å². The lowest BCUT2D eigenvalue weighted by atomic mass is 10.3. The van der Waals surface area contributed by atoms with E-state index in [1.54, 1.807) is 12.1 Å². The number of pyridine rings is 1. The Hall–Kier alpha value is -0.850. The molecule has 1 aromatic rings. The Kier molecular flexibility index (Phi) is 3.90. The number of halogens is 1. The van der Waals surface area contributed by atoms with Crippen molar-refractivity contribution in [3.05, 3.63) is 29.0 Å². The number of nitrogens with two attached hydrogens (primary N) is 1. The van der Waals surface area contributed by atoms with Gasteiger partial charge in [0.2, 0.25) is 0 Å². The maximum absolute atomic E-state index is 11.9. The summed E-state index contributed by atoms with van der Waals surface area (Å²) < 4.78 is 14.4. The number of aromatic nitrogens is 1. The predicted molar refractivity (Wildman–Crippen MR) is 68.4 cm³/mol. The third-order valence-corrected chi connectivity index (χ3v) is 3.22. The molecule has 0 aliphatic carbocycles. The van der Waals surface area contributed by atoms with Gasteiger partial charge < -0.3 is 5.73 Å². The average molecular weight is 264 g/mol. The molecule has 0 radical (unpaired) electrons. The SMILES string of the molecule is CS(=O)(=Cc1ccc(Cl)nc1)NC(N)=S. The lowest BCUT2D eigenvalue weighted by Crippen LogP contribution is -2.35. The molecule has 1 heterocycles. The summed E-state index contributed by atoms with van der Waals surface area (Å²) in [7, 11) is -2.42. The van der Waals surface area contributed by atoms with Crippen molar-refractivity contribution in [1.82, 2.24) is 9.71 Å². The van der Waals surface area contributed by atoms with Crippen LogP contribution in [-0.2, 0) is 9.71 Å². The van der Waals surface area contributed by atoms with Gasteiger partial charge in [-0.05, 0) is 24.4 Å². The first kappa shape index (κ1) is 12.2. The third kappa shape index (κ3) is 4.46. The van der Waals surface area contributed by atoms with Gasteiger partial charge in [0.25, 0.3) is 0 Å². The quantitative estimate of drug-likeness (QED) is 0.604. The van der Waals surface area contributed by atoms with E-state index in [0.29, 0.717) is 10.7 Å². The summed E-state index contributed by atoms with van der Waals surface area (Å²) in [4.78, 5) is 3.86. The van der Waals surface area contributed by atoms with Crippen molar-refractivity contribution in [3.8, 4) is 0 Å². The molecule has 0 aliphatic rings. The summed E-state index contributed by atoms with van der Waals surface area (Å²) in [6.45, 7) is 0. The van der Waals surface area contributed by atoms with Crippen molar-refractivity contribution < 1.29 is 4.21 Å². The van der Waals surface area contributed by atoms with Crippen molar-refractivity contribution in [2.75, 3.05) is 6.26 Å². The molecule has 3 N–H and O–H groups in total. The van der Waals surface area contributed by atoms with Crippen LogP contribution in [-0.4, -0.2) is 25.9 Å². The Labute approximate surface area is 99.0 Å². The van der Waals surface area contributed by atoms with Gasteiger partial charge in [-0.25, -0.2) is 9.19 Å². The first-order chi connectivity index (χ1) is 6.89. The summed E-state index contributed by atoms with van der Waals surface area (Å²) in [5.41, 5.74) is 5.93. The van der Waals surface area contributed by atoms with Crippen molar-refractivity contribution >= 4 is 44.0 Å². The van der Waals surface area contributed by atoms with E-state index < -0.39 is 9.71 Å².